The van der Waals surface area contributed by atoms with Crippen LogP contribution in [0.15, 0.2) is 28.7 Å². The summed E-state index contributed by atoms with van der Waals surface area (Å²) in [5.41, 5.74) is 0. The summed E-state index contributed by atoms with van der Waals surface area (Å²) in [4.78, 5) is 0. The van der Waals surface area contributed by atoms with E-state index < -0.39 is 0 Å². The largest absolute Gasteiger partial charge is 0.494 e. The van der Waals surface area contributed by atoms with Crippen molar-refractivity contribution < 1.29 is 4.74 Å². The van der Waals surface area contributed by atoms with E-state index in [4.69, 9.17) is 4.74 Å². The lowest BCUT2D eigenvalue weighted by Crippen LogP contribution is -2.20. The SMILES string of the molecule is CC(C)CNCCCCCOc1ccc(Br)cc1. The van der Waals surface area contributed by atoms with E-state index >= 15 is 0 Å². The summed E-state index contributed by atoms with van der Waals surface area (Å²) in [6, 6.07) is 8.00. The molecule has 0 saturated carbocycles. The van der Waals surface area contributed by atoms with E-state index in [0.717, 1.165) is 42.3 Å². The lowest BCUT2D eigenvalue weighted by Gasteiger charge is -2.08. The summed E-state index contributed by atoms with van der Waals surface area (Å²) in [5, 5.41) is 3.45. The fourth-order valence-corrected chi connectivity index (χ4v) is 1.90. The van der Waals surface area contributed by atoms with E-state index in [1.54, 1.807) is 0 Å². The molecule has 1 aromatic rings. The zero-order valence-corrected chi connectivity index (χ0v) is 13.0. The van der Waals surface area contributed by atoms with E-state index in [2.05, 4.69) is 35.1 Å². The standard InChI is InChI=1S/C15H24BrNO/c1-13(2)12-17-10-4-3-5-11-18-15-8-6-14(16)7-9-15/h6-9,13,17H,3-5,10-12H2,1-2H3. The molecule has 0 amide bonds. The first-order valence-corrected chi connectivity index (χ1v) is 7.57. The summed E-state index contributed by atoms with van der Waals surface area (Å²) in [6.45, 7) is 7.52. The molecule has 0 spiro atoms. The Labute approximate surface area is 119 Å². The Kier molecular flexibility index (Phi) is 8.10. The van der Waals surface area contributed by atoms with Gasteiger partial charge in [-0.3, -0.25) is 0 Å². The van der Waals surface area contributed by atoms with Crippen molar-refractivity contribution in [2.24, 2.45) is 5.92 Å². The van der Waals surface area contributed by atoms with Crippen LogP contribution in [0, 0.1) is 5.92 Å². The van der Waals surface area contributed by atoms with Crippen LogP contribution in [0.4, 0.5) is 0 Å². The number of unbranched alkanes of at least 4 members (excludes halogenated alkanes) is 2. The average Bonchev–Trinajstić information content (AvgIpc) is 2.34. The van der Waals surface area contributed by atoms with E-state index in [-0.39, 0.29) is 0 Å². The third-order valence-corrected chi connectivity index (χ3v) is 3.16. The lowest BCUT2D eigenvalue weighted by molar-refractivity contribution is 0.304. The highest BCUT2D eigenvalue weighted by Gasteiger charge is 1.95. The molecule has 0 unspecified atom stereocenters. The predicted molar refractivity (Wildman–Crippen MR) is 81.2 cm³/mol. The first kappa shape index (κ1) is 15.5. The van der Waals surface area contributed by atoms with Gasteiger partial charge in [0, 0.05) is 4.47 Å². The summed E-state index contributed by atoms with van der Waals surface area (Å²) in [7, 11) is 0. The van der Waals surface area contributed by atoms with Crippen molar-refractivity contribution in [1.82, 2.24) is 5.32 Å². The molecule has 1 aromatic carbocycles. The second kappa shape index (κ2) is 9.40. The first-order valence-electron chi connectivity index (χ1n) is 6.77. The van der Waals surface area contributed by atoms with Gasteiger partial charge in [0.05, 0.1) is 6.61 Å². The highest BCUT2D eigenvalue weighted by molar-refractivity contribution is 9.10. The van der Waals surface area contributed by atoms with Gasteiger partial charge in [-0.2, -0.15) is 0 Å². The number of rotatable bonds is 9. The molecule has 2 nitrogen and oxygen atoms in total. The highest BCUT2D eigenvalue weighted by Crippen LogP contribution is 2.16. The van der Waals surface area contributed by atoms with Crippen molar-refractivity contribution in [2.45, 2.75) is 33.1 Å². The summed E-state index contributed by atoms with van der Waals surface area (Å²) < 4.78 is 6.75. The number of nitrogens with one attached hydrogen (secondary N) is 1. The van der Waals surface area contributed by atoms with Gasteiger partial charge in [0.1, 0.15) is 5.75 Å². The van der Waals surface area contributed by atoms with Gasteiger partial charge in [-0.25, -0.2) is 0 Å². The molecule has 0 atom stereocenters. The minimum Gasteiger partial charge on any atom is -0.494 e. The van der Waals surface area contributed by atoms with Crippen molar-refractivity contribution >= 4 is 15.9 Å². The molecule has 102 valence electrons. The van der Waals surface area contributed by atoms with Gasteiger partial charge in [0.2, 0.25) is 0 Å². The van der Waals surface area contributed by atoms with Gasteiger partial charge in [0.15, 0.2) is 0 Å². The minimum absolute atomic E-state index is 0.741. The van der Waals surface area contributed by atoms with Gasteiger partial charge in [-0.05, 0) is 62.5 Å². The molecule has 0 aliphatic rings. The predicted octanol–water partition coefficient (Wildman–Crippen LogP) is 4.24. The maximum atomic E-state index is 5.66. The molecule has 18 heavy (non-hydrogen) atoms. The van der Waals surface area contributed by atoms with Gasteiger partial charge in [-0.1, -0.05) is 29.8 Å². The third-order valence-electron chi connectivity index (χ3n) is 2.63. The fourth-order valence-electron chi connectivity index (χ4n) is 1.64. The Morgan fingerprint density at radius 1 is 1.11 bits per heavy atom. The monoisotopic (exact) mass is 313 g/mol. The van der Waals surface area contributed by atoms with Crippen molar-refractivity contribution in [3.63, 3.8) is 0 Å². The van der Waals surface area contributed by atoms with Crippen molar-refractivity contribution in [3.8, 4) is 5.75 Å². The van der Waals surface area contributed by atoms with Gasteiger partial charge in [-0.15, -0.1) is 0 Å². The molecule has 0 bridgehead atoms. The van der Waals surface area contributed by atoms with E-state index in [9.17, 15) is 0 Å². The molecule has 0 aromatic heterocycles. The van der Waals surface area contributed by atoms with Crippen molar-refractivity contribution in [2.75, 3.05) is 19.7 Å². The lowest BCUT2D eigenvalue weighted by atomic mass is 10.2. The van der Waals surface area contributed by atoms with Crippen LogP contribution < -0.4 is 10.1 Å². The Morgan fingerprint density at radius 3 is 2.50 bits per heavy atom. The van der Waals surface area contributed by atoms with Crippen LogP contribution in [-0.2, 0) is 0 Å². The maximum absolute atomic E-state index is 5.66. The summed E-state index contributed by atoms with van der Waals surface area (Å²) >= 11 is 3.41. The Bertz CT molecular complexity index is 311. The molecule has 0 radical (unpaired) electrons. The van der Waals surface area contributed by atoms with Crippen LogP contribution in [0.2, 0.25) is 0 Å². The summed E-state index contributed by atoms with van der Waals surface area (Å²) in [5.74, 6) is 1.70. The van der Waals surface area contributed by atoms with Crippen molar-refractivity contribution in [1.29, 1.82) is 0 Å². The third kappa shape index (κ3) is 7.72. The number of ether oxygens (including phenoxy) is 1. The fraction of sp³-hybridized carbons (Fsp3) is 0.600. The van der Waals surface area contributed by atoms with Gasteiger partial charge < -0.3 is 10.1 Å². The molecule has 0 fully saturated rings. The zero-order chi connectivity index (χ0) is 13.2. The van der Waals surface area contributed by atoms with Crippen LogP contribution >= 0.6 is 15.9 Å². The second-order valence-electron chi connectivity index (χ2n) is 4.96. The molecule has 0 heterocycles. The minimum atomic E-state index is 0.741. The normalized spacial score (nSPS) is 10.9. The van der Waals surface area contributed by atoms with Crippen LogP contribution in [0.3, 0.4) is 0 Å². The Balaban J connectivity index is 1.94. The van der Waals surface area contributed by atoms with Crippen molar-refractivity contribution in [3.05, 3.63) is 28.7 Å². The zero-order valence-electron chi connectivity index (χ0n) is 11.4. The molecule has 1 rings (SSSR count). The molecule has 1 N–H and O–H groups in total. The van der Waals surface area contributed by atoms with E-state index in [1.807, 2.05) is 24.3 Å². The molecule has 0 saturated heterocycles. The Morgan fingerprint density at radius 2 is 1.83 bits per heavy atom. The second-order valence-corrected chi connectivity index (χ2v) is 5.88. The quantitative estimate of drug-likeness (QED) is 0.688. The van der Waals surface area contributed by atoms with Gasteiger partial charge >= 0.3 is 0 Å². The molecular formula is C15H24BrNO. The van der Waals surface area contributed by atoms with Crippen LogP contribution in [0.25, 0.3) is 0 Å². The number of benzene rings is 1. The van der Waals surface area contributed by atoms with Crippen LogP contribution in [-0.4, -0.2) is 19.7 Å². The molecule has 0 aliphatic heterocycles. The number of halogens is 1. The molecule has 3 heteroatoms. The average molecular weight is 314 g/mol. The first-order chi connectivity index (χ1) is 8.68. The maximum Gasteiger partial charge on any atom is 0.119 e. The smallest absolute Gasteiger partial charge is 0.119 e. The van der Waals surface area contributed by atoms with Gasteiger partial charge in [0.25, 0.3) is 0 Å². The van der Waals surface area contributed by atoms with Crippen LogP contribution in [0.1, 0.15) is 33.1 Å². The molecular weight excluding hydrogens is 290 g/mol. The summed E-state index contributed by atoms with van der Waals surface area (Å²) in [6.07, 6.45) is 3.58. The molecule has 0 aliphatic carbocycles. The number of hydrogen-bond acceptors (Lipinski definition) is 2. The van der Waals surface area contributed by atoms with E-state index in [0.29, 0.717) is 0 Å². The van der Waals surface area contributed by atoms with E-state index in [1.165, 1.54) is 12.8 Å². The topological polar surface area (TPSA) is 21.3 Å². The highest BCUT2D eigenvalue weighted by atomic mass is 79.9. The number of hydrogen-bond donors (Lipinski definition) is 1. The Hall–Kier alpha value is -0.540. The van der Waals surface area contributed by atoms with Crippen LogP contribution in [0.5, 0.6) is 5.75 Å².